The fourth-order valence-electron chi connectivity index (χ4n) is 1.93. The minimum absolute atomic E-state index is 0. The Hall–Kier alpha value is -1.56. The van der Waals surface area contributed by atoms with E-state index in [0.717, 1.165) is 24.1 Å². The first kappa shape index (κ1) is 20.4. The summed E-state index contributed by atoms with van der Waals surface area (Å²) in [7, 11) is 0. The molecule has 0 fully saturated rings. The SMILES string of the molecule is Cc1ccc(C(N)C(=O)NCCCn2ccnc2)cc1.Cl.Cl. The van der Waals surface area contributed by atoms with Crippen molar-refractivity contribution in [3.05, 3.63) is 54.1 Å². The molecule has 5 nitrogen and oxygen atoms in total. The van der Waals surface area contributed by atoms with Gasteiger partial charge in [-0.3, -0.25) is 4.79 Å². The Labute approximate surface area is 143 Å². The second kappa shape index (κ2) is 10.2. The summed E-state index contributed by atoms with van der Waals surface area (Å²) in [4.78, 5) is 15.9. The van der Waals surface area contributed by atoms with Crippen molar-refractivity contribution < 1.29 is 4.79 Å². The molecule has 0 aliphatic rings. The zero-order valence-corrected chi connectivity index (χ0v) is 14.1. The lowest BCUT2D eigenvalue weighted by molar-refractivity contribution is -0.122. The second-order valence-electron chi connectivity index (χ2n) is 4.83. The van der Waals surface area contributed by atoms with E-state index in [2.05, 4.69) is 10.3 Å². The van der Waals surface area contributed by atoms with Gasteiger partial charge >= 0.3 is 0 Å². The van der Waals surface area contributed by atoms with Crippen LogP contribution >= 0.6 is 24.8 Å². The van der Waals surface area contributed by atoms with Gasteiger partial charge in [0.05, 0.1) is 6.33 Å². The molecule has 22 heavy (non-hydrogen) atoms. The first-order valence-electron chi connectivity index (χ1n) is 6.72. The van der Waals surface area contributed by atoms with Gasteiger partial charge in [0.15, 0.2) is 0 Å². The fraction of sp³-hybridized carbons (Fsp3) is 0.333. The summed E-state index contributed by atoms with van der Waals surface area (Å²) in [6.45, 7) is 3.45. The zero-order chi connectivity index (χ0) is 14.4. The molecular weight excluding hydrogens is 323 g/mol. The highest BCUT2D eigenvalue weighted by molar-refractivity contribution is 5.85. The largest absolute Gasteiger partial charge is 0.354 e. The highest BCUT2D eigenvalue weighted by atomic mass is 35.5. The number of rotatable bonds is 6. The van der Waals surface area contributed by atoms with Crippen molar-refractivity contribution >= 4 is 30.7 Å². The smallest absolute Gasteiger partial charge is 0.241 e. The lowest BCUT2D eigenvalue weighted by Gasteiger charge is -2.13. The standard InChI is InChI=1S/C15H20N4O.2ClH/c1-12-3-5-13(6-4-12)14(16)15(20)18-7-2-9-19-10-8-17-11-19;;/h3-6,8,10-11,14H,2,7,9,16H2,1H3,(H,18,20);2*1H. The highest BCUT2D eigenvalue weighted by Gasteiger charge is 2.14. The second-order valence-corrected chi connectivity index (χ2v) is 4.83. The molecule has 0 radical (unpaired) electrons. The first-order chi connectivity index (χ1) is 9.66. The van der Waals surface area contributed by atoms with Crippen molar-refractivity contribution in [1.29, 1.82) is 0 Å². The third kappa shape index (κ3) is 6.05. The minimum Gasteiger partial charge on any atom is -0.354 e. The van der Waals surface area contributed by atoms with Crippen LogP contribution in [0.25, 0.3) is 0 Å². The van der Waals surface area contributed by atoms with Gasteiger partial charge in [-0.1, -0.05) is 29.8 Å². The summed E-state index contributed by atoms with van der Waals surface area (Å²) >= 11 is 0. The monoisotopic (exact) mass is 344 g/mol. The summed E-state index contributed by atoms with van der Waals surface area (Å²) in [6, 6.07) is 7.10. The molecule has 0 saturated heterocycles. The van der Waals surface area contributed by atoms with Gasteiger partial charge in [-0.2, -0.15) is 0 Å². The van der Waals surface area contributed by atoms with E-state index in [0.29, 0.717) is 6.54 Å². The van der Waals surface area contributed by atoms with Crippen LogP contribution in [0.15, 0.2) is 43.0 Å². The number of amides is 1. The highest BCUT2D eigenvalue weighted by Crippen LogP contribution is 2.11. The van der Waals surface area contributed by atoms with Crippen LogP contribution in [0.4, 0.5) is 0 Å². The average molecular weight is 345 g/mol. The number of benzene rings is 1. The molecule has 1 heterocycles. The normalized spacial score (nSPS) is 11.0. The maximum atomic E-state index is 11.9. The third-order valence-electron chi connectivity index (χ3n) is 3.17. The fourth-order valence-corrected chi connectivity index (χ4v) is 1.93. The Bertz CT molecular complexity index is 543. The molecule has 1 amide bonds. The molecule has 2 rings (SSSR count). The van der Waals surface area contributed by atoms with Crippen LogP contribution in [0.2, 0.25) is 0 Å². The van der Waals surface area contributed by atoms with E-state index >= 15 is 0 Å². The molecule has 3 N–H and O–H groups in total. The number of nitrogens with one attached hydrogen (secondary N) is 1. The van der Waals surface area contributed by atoms with Crippen molar-refractivity contribution in [3.63, 3.8) is 0 Å². The number of hydrogen-bond acceptors (Lipinski definition) is 3. The number of nitrogens with two attached hydrogens (primary N) is 1. The summed E-state index contributed by atoms with van der Waals surface area (Å²) in [5, 5.41) is 2.86. The minimum atomic E-state index is -0.608. The van der Waals surface area contributed by atoms with Crippen LogP contribution in [0, 0.1) is 6.92 Å². The molecule has 0 spiro atoms. The predicted octanol–water partition coefficient (Wildman–Crippen LogP) is 2.24. The Balaban J connectivity index is 0.00000220. The van der Waals surface area contributed by atoms with Crippen LogP contribution in [0.1, 0.15) is 23.6 Å². The molecule has 1 unspecified atom stereocenters. The number of carbonyl (C=O) groups is 1. The molecule has 2 aromatic rings. The molecule has 1 aromatic heterocycles. The maximum Gasteiger partial charge on any atom is 0.241 e. The van der Waals surface area contributed by atoms with E-state index in [-0.39, 0.29) is 30.7 Å². The summed E-state index contributed by atoms with van der Waals surface area (Å²) < 4.78 is 1.98. The molecule has 0 aliphatic carbocycles. The Morgan fingerprint density at radius 3 is 2.59 bits per heavy atom. The van der Waals surface area contributed by atoms with Gasteiger partial charge in [-0.25, -0.2) is 4.98 Å². The molecule has 7 heteroatoms. The Morgan fingerprint density at radius 2 is 2.00 bits per heavy atom. The maximum absolute atomic E-state index is 11.9. The van der Waals surface area contributed by atoms with Crippen LogP contribution in [-0.2, 0) is 11.3 Å². The van der Waals surface area contributed by atoms with Crippen LogP contribution in [0.3, 0.4) is 0 Å². The summed E-state index contributed by atoms with van der Waals surface area (Å²) in [5.41, 5.74) is 7.93. The lowest BCUT2D eigenvalue weighted by atomic mass is 10.1. The number of nitrogens with zero attached hydrogens (tertiary/aromatic N) is 2. The number of imidazole rings is 1. The summed E-state index contributed by atoms with van der Waals surface area (Å²) in [5.74, 6) is -0.139. The molecule has 0 aliphatic heterocycles. The van der Waals surface area contributed by atoms with Crippen molar-refractivity contribution in [2.24, 2.45) is 5.73 Å². The molecular formula is C15H22Cl2N4O. The van der Waals surface area contributed by atoms with Gasteiger partial charge in [0.1, 0.15) is 6.04 Å². The van der Waals surface area contributed by atoms with E-state index in [1.54, 1.807) is 12.5 Å². The quantitative estimate of drug-likeness (QED) is 0.789. The topological polar surface area (TPSA) is 72.9 Å². The van der Waals surface area contributed by atoms with E-state index in [1.807, 2.05) is 42.0 Å². The van der Waals surface area contributed by atoms with Crippen molar-refractivity contribution in [2.75, 3.05) is 6.54 Å². The van der Waals surface area contributed by atoms with Gasteiger partial charge in [0.2, 0.25) is 5.91 Å². The predicted molar refractivity (Wildman–Crippen MR) is 92.5 cm³/mol. The van der Waals surface area contributed by atoms with Gasteiger partial charge < -0.3 is 15.6 Å². The van der Waals surface area contributed by atoms with Crippen LogP contribution < -0.4 is 11.1 Å². The van der Waals surface area contributed by atoms with Crippen molar-refractivity contribution in [3.8, 4) is 0 Å². The third-order valence-corrected chi connectivity index (χ3v) is 3.17. The molecule has 1 atom stereocenters. The average Bonchev–Trinajstić information content (AvgIpc) is 2.96. The summed E-state index contributed by atoms with van der Waals surface area (Å²) in [6.07, 6.45) is 6.26. The first-order valence-corrected chi connectivity index (χ1v) is 6.72. The molecule has 0 saturated carbocycles. The van der Waals surface area contributed by atoms with Gasteiger partial charge in [0.25, 0.3) is 0 Å². The molecule has 1 aromatic carbocycles. The van der Waals surface area contributed by atoms with Crippen LogP contribution in [0.5, 0.6) is 0 Å². The zero-order valence-electron chi connectivity index (χ0n) is 12.4. The lowest BCUT2D eigenvalue weighted by Crippen LogP contribution is -2.34. The van der Waals surface area contributed by atoms with Crippen molar-refractivity contribution in [1.82, 2.24) is 14.9 Å². The van der Waals surface area contributed by atoms with E-state index in [9.17, 15) is 4.79 Å². The number of aryl methyl sites for hydroxylation is 2. The number of aromatic nitrogens is 2. The number of carbonyl (C=O) groups excluding carboxylic acids is 1. The van der Waals surface area contributed by atoms with E-state index < -0.39 is 6.04 Å². The molecule has 0 bridgehead atoms. The Morgan fingerprint density at radius 1 is 1.32 bits per heavy atom. The number of hydrogen-bond donors (Lipinski definition) is 2. The van der Waals surface area contributed by atoms with Crippen molar-refractivity contribution in [2.45, 2.75) is 25.9 Å². The Kier molecular flexibility index (Phi) is 9.49. The van der Waals surface area contributed by atoms with Gasteiger partial charge in [0, 0.05) is 25.5 Å². The number of halogens is 2. The van der Waals surface area contributed by atoms with Gasteiger partial charge in [-0.15, -0.1) is 24.8 Å². The molecule has 122 valence electrons. The van der Waals surface area contributed by atoms with E-state index in [4.69, 9.17) is 5.73 Å². The van der Waals surface area contributed by atoms with E-state index in [1.165, 1.54) is 0 Å². The van der Waals surface area contributed by atoms with Crippen LogP contribution in [-0.4, -0.2) is 22.0 Å². The van der Waals surface area contributed by atoms with Gasteiger partial charge in [-0.05, 0) is 18.9 Å².